The summed E-state index contributed by atoms with van der Waals surface area (Å²) in [6.45, 7) is 1.04. The number of halogens is 1. The molecule has 72 valence electrons. The molecule has 2 nitrogen and oxygen atoms in total. The van der Waals surface area contributed by atoms with E-state index in [2.05, 4.69) is 6.07 Å². The van der Waals surface area contributed by atoms with Gasteiger partial charge < -0.3 is 4.74 Å². The molecule has 0 atom stereocenters. The van der Waals surface area contributed by atoms with Crippen LogP contribution in [-0.4, -0.2) is 13.2 Å². The number of nitriles is 1. The van der Waals surface area contributed by atoms with Gasteiger partial charge in [-0.25, -0.2) is 4.39 Å². The van der Waals surface area contributed by atoms with Crippen LogP contribution in [0.3, 0.4) is 0 Å². The Hall–Kier alpha value is -1.40. The summed E-state index contributed by atoms with van der Waals surface area (Å²) in [5.41, 5.74) is 0.599. The monoisotopic (exact) mass is 191 g/mol. The fourth-order valence-corrected chi connectivity index (χ4v) is 1.69. The zero-order valence-electron chi connectivity index (χ0n) is 7.66. The highest BCUT2D eigenvalue weighted by Crippen LogP contribution is 2.35. The Balaban J connectivity index is 2.32. The van der Waals surface area contributed by atoms with E-state index in [4.69, 9.17) is 10.00 Å². The molecule has 1 fully saturated rings. The van der Waals surface area contributed by atoms with Crippen molar-refractivity contribution in [3.63, 3.8) is 0 Å². The molecule has 0 spiro atoms. The summed E-state index contributed by atoms with van der Waals surface area (Å²) < 4.78 is 18.1. The third-order valence-electron chi connectivity index (χ3n) is 2.61. The molecular formula is C11H10FNO. The van der Waals surface area contributed by atoms with Gasteiger partial charge in [-0.05, 0) is 17.7 Å². The summed E-state index contributed by atoms with van der Waals surface area (Å²) in [6, 6.07) is 8.54. The zero-order chi connectivity index (χ0) is 10.0. The van der Waals surface area contributed by atoms with Crippen molar-refractivity contribution in [2.24, 2.45) is 0 Å². The summed E-state index contributed by atoms with van der Waals surface area (Å²) in [4.78, 5) is 0. The fraction of sp³-hybridized carbons (Fsp3) is 0.364. The molecule has 0 saturated carbocycles. The van der Waals surface area contributed by atoms with Crippen molar-refractivity contribution in [3.05, 3.63) is 35.6 Å². The molecule has 1 aromatic carbocycles. The van der Waals surface area contributed by atoms with Gasteiger partial charge in [0.25, 0.3) is 0 Å². The number of nitrogens with zero attached hydrogens (tertiary/aromatic N) is 1. The number of ether oxygens (including phenoxy) is 1. The van der Waals surface area contributed by atoms with Crippen LogP contribution in [0.25, 0.3) is 0 Å². The molecule has 0 bridgehead atoms. The number of benzene rings is 1. The van der Waals surface area contributed by atoms with E-state index in [1.54, 1.807) is 6.07 Å². The lowest BCUT2D eigenvalue weighted by molar-refractivity contribution is -0.0578. The number of rotatable bonds is 2. The Kier molecular flexibility index (Phi) is 2.22. The third kappa shape index (κ3) is 1.38. The van der Waals surface area contributed by atoms with Crippen molar-refractivity contribution in [1.82, 2.24) is 0 Å². The van der Waals surface area contributed by atoms with Gasteiger partial charge in [0.1, 0.15) is 5.82 Å². The molecule has 0 aliphatic carbocycles. The normalized spacial score (nSPS) is 18.3. The predicted octanol–water partition coefficient (Wildman–Crippen LogP) is 2.01. The van der Waals surface area contributed by atoms with Crippen LogP contribution in [-0.2, 0) is 10.2 Å². The van der Waals surface area contributed by atoms with Crippen molar-refractivity contribution in [3.8, 4) is 6.07 Å². The van der Waals surface area contributed by atoms with Crippen LogP contribution < -0.4 is 0 Å². The van der Waals surface area contributed by atoms with Crippen molar-refractivity contribution in [2.45, 2.75) is 11.8 Å². The smallest absolute Gasteiger partial charge is 0.123 e. The molecular weight excluding hydrogens is 181 g/mol. The second-order valence-electron chi connectivity index (χ2n) is 3.62. The van der Waals surface area contributed by atoms with Gasteiger partial charge in [0.05, 0.1) is 24.7 Å². The van der Waals surface area contributed by atoms with E-state index >= 15 is 0 Å². The van der Waals surface area contributed by atoms with Gasteiger partial charge in [0, 0.05) is 6.42 Å². The maximum atomic E-state index is 13.0. The summed E-state index contributed by atoms with van der Waals surface area (Å²) in [5.74, 6) is -0.258. The highest BCUT2D eigenvalue weighted by Gasteiger charge is 2.40. The molecule has 1 aromatic rings. The molecule has 1 aliphatic heterocycles. The molecule has 2 rings (SSSR count). The largest absolute Gasteiger partial charge is 0.379 e. The van der Waals surface area contributed by atoms with E-state index in [1.807, 2.05) is 6.07 Å². The fourth-order valence-electron chi connectivity index (χ4n) is 1.69. The maximum Gasteiger partial charge on any atom is 0.123 e. The Bertz CT molecular complexity index is 379. The average Bonchev–Trinajstić information content (AvgIpc) is 2.11. The van der Waals surface area contributed by atoms with E-state index in [0.717, 1.165) is 5.56 Å². The minimum absolute atomic E-state index is 0.258. The van der Waals surface area contributed by atoms with Crippen molar-refractivity contribution in [2.75, 3.05) is 13.2 Å². The van der Waals surface area contributed by atoms with E-state index in [1.165, 1.54) is 12.1 Å². The first-order valence-corrected chi connectivity index (χ1v) is 4.48. The topological polar surface area (TPSA) is 33.0 Å². The molecule has 3 heteroatoms. The first-order chi connectivity index (χ1) is 6.77. The summed E-state index contributed by atoms with van der Waals surface area (Å²) in [5, 5.41) is 8.70. The average molecular weight is 191 g/mol. The van der Waals surface area contributed by atoms with Gasteiger partial charge in [0.15, 0.2) is 0 Å². The number of hydrogen-bond acceptors (Lipinski definition) is 2. The molecule has 0 amide bonds. The Morgan fingerprint density at radius 1 is 1.50 bits per heavy atom. The molecule has 0 unspecified atom stereocenters. The van der Waals surface area contributed by atoms with Gasteiger partial charge >= 0.3 is 0 Å². The van der Waals surface area contributed by atoms with Gasteiger partial charge in [-0.15, -0.1) is 0 Å². The van der Waals surface area contributed by atoms with E-state index in [-0.39, 0.29) is 11.2 Å². The molecule has 1 saturated heterocycles. The standard InChI is InChI=1S/C11H10FNO/c12-10-3-1-2-9(6-10)11(4-5-13)7-14-8-11/h1-3,6H,4,7-8H2. The first kappa shape index (κ1) is 9.17. The van der Waals surface area contributed by atoms with E-state index in [9.17, 15) is 4.39 Å². The van der Waals surface area contributed by atoms with Crippen LogP contribution in [0, 0.1) is 17.1 Å². The molecule has 0 aromatic heterocycles. The minimum Gasteiger partial charge on any atom is -0.379 e. The molecule has 14 heavy (non-hydrogen) atoms. The molecule has 0 N–H and O–H groups in total. The lowest BCUT2D eigenvalue weighted by Gasteiger charge is -2.40. The van der Waals surface area contributed by atoms with Crippen LogP contribution >= 0.6 is 0 Å². The van der Waals surface area contributed by atoms with Crippen LogP contribution in [0.4, 0.5) is 4.39 Å². The minimum atomic E-state index is -0.267. The molecule has 0 radical (unpaired) electrons. The van der Waals surface area contributed by atoms with Gasteiger partial charge in [-0.1, -0.05) is 12.1 Å². The second-order valence-corrected chi connectivity index (χ2v) is 3.62. The van der Waals surface area contributed by atoms with Crippen LogP contribution in [0.15, 0.2) is 24.3 Å². The first-order valence-electron chi connectivity index (χ1n) is 4.48. The Labute approximate surface area is 81.9 Å². The van der Waals surface area contributed by atoms with Crippen molar-refractivity contribution >= 4 is 0 Å². The van der Waals surface area contributed by atoms with Crippen molar-refractivity contribution in [1.29, 1.82) is 5.26 Å². The van der Waals surface area contributed by atoms with Crippen molar-refractivity contribution < 1.29 is 9.13 Å². The summed E-state index contributed by atoms with van der Waals surface area (Å²) >= 11 is 0. The van der Waals surface area contributed by atoms with Crippen LogP contribution in [0.5, 0.6) is 0 Å². The molecule has 1 heterocycles. The van der Waals surface area contributed by atoms with Gasteiger partial charge in [-0.2, -0.15) is 5.26 Å². The highest BCUT2D eigenvalue weighted by atomic mass is 19.1. The second kappa shape index (κ2) is 3.39. The predicted molar refractivity (Wildman–Crippen MR) is 49.1 cm³/mol. The van der Waals surface area contributed by atoms with E-state index in [0.29, 0.717) is 19.6 Å². The number of hydrogen-bond donors (Lipinski definition) is 0. The maximum absolute atomic E-state index is 13.0. The molecule has 1 aliphatic rings. The Morgan fingerprint density at radius 2 is 2.29 bits per heavy atom. The Morgan fingerprint density at radius 3 is 2.79 bits per heavy atom. The lowest BCUT2D eigenvalue weighted by atomic mass is 9.76. The third-order valence-corrected chi connectivity index (χ3v) is 2.61. The highest BCUT2D eigenvalue weighted by molar-refractivity contribution is 5.29. The zero-order valence-corrected chi connectivity index (χ0v) is 7.66. The van der Waals surface area contributed by atoms with Gasteiger partial charge in [-0.3, -0.25) is 0 Å². The van der Waals surface area contributed by atoms with Gasteiger partial charge in [0.2, 0.25) is 0 Å². The SMILES string of the molecule is N#CCC1(c2cccc(F)c2)COC1. The van der Waals surface area contributed by atoms with E-state index < -0.39 is 0 Å². The summed E-state index contributed by atoms with van der Waals surface area (Å²) in [7, 11) is 0. The van der Waals surface area contributed by atoms with Crippen LogP contribution in [0.1, 0.15) is 12.0 Å². The quantitative estimate of drug-likeness (QED) is 0.716. The van der Waals surface area contributed by atoms with Crippen LogP contribution in [0.2, 0.25) is 0 Å². The summed E-state index contributed by atoms with van der Waals surface area (Å²) in [6.07, 6.45) is 0.385. The lowest BCUT2D eigenvalue weighted by Crippen LogP contribution is -2.46.